The standard InChI is InChI=1S/C17H18N4O2S/c1-13(24-14-7-3-2-4-8-14)11-18-16(22)12-21-17(23)20-10-6-5-9-15(20)19-21/h2-10,13H,11-12H2,1H3,(H,18,22)/t13-/m1/s1. The summed E-state index contributed by atoms with van der Waals surface area (Å²) >= 11 is 1.70. The smallest absolute Gasteiger partial charge is 0.350 e. The minimum absolute atomic E-state index is 0.0801. The Kier molecular flexibility index (Phi) is 5.00. The Morgan fingerprint density at radius 3 is 2.71 bits per heavy atom. The minimum Gasteiger partial charge on any atom is -0.353 e. The van der Waals surface area contributed by atoms with Crippen molar-refractivity contribution in [2.75, 3.05) is 6.54 Å². The Hall–Kier alpha value is -2.54. The van der Waals surface area contributed by atoms with Gasteiger partial charge in [-0.15, -0.1) is 16.9 Å². The lowest BCUT2D eigenvalue weighted by atomic mass is 10.4. The van der Waals surface area contributed by atoms with Crippen LogP contribution in [0.5, 0.6) is 0 Å². The maximum Gasteiger partial charge on any atom is 0.350 e. The van der Waals surface area contributed by atoms with Crippen molar-refractivity contribution in [1.82, 2.24) is 19.5 Å². The molecule has 3 rings (SSSR count). The van der Waals surface area contributed by atoms with E-state index in [9.17, 15) is 9.59 Å². The predicted molar refractivity (Wildman–Crippen MR) is 94.2 cm³/mol. The van der Waals surface area contributed by atoms with Gasteiger partial charge < -0.3 is 5.32 Å². The Morgan fingerprint density at radius 2 is 1.96 bits per heavy atom. The molecule has 1 atom stereocenters. The Labute approximate surface area is 143 Å². The second-order valence-electron chi connectivity index (χ2n) is 5.41. The Bertz CT molecular complexity index is 888. The third-order valence-corrected chi connectivity index (χ3v) is 4.56. The van der Waals surface area contributed by atoms with Crippen molar-refractivity contribution in [3.63, 3.8) is 0 Å². The van der Waals surface area contributed by atoms with E-state index < -0.39 is 0 Å². The van der Waals surface area contributed by atoms with Gasteiger partial charge in [-0.2, -0.15) is 0 Å². The highest BCUT2D eigenvalue weighted by molar-refractivity contribution is 8.00. The van der Waals surface area contributed by atoms with Crippen LogP contribution in [0.4, 0.5) is 0 Å². The third-order valence-electron chi connectivity index (χ3n) is 3.45. The lowest BCUT2D eigenvalue weighted by Gasteiger charge is -2.12. The van der Waals surface area contributed by atoms with Crippen molar-refractivity contribution in [3.8, 4) is 0 Å². The monoisotopic (exact) mass is 342 g/mol. The van der Waals surface area contributed by atoms with Crippen LogP contribution in [0, 0.1) is 0 Å². The zero-order chi connectivity index (χ0) is 16.9. The number of benzene rings is 1. The molecule has 0 fully saturated rings. The molecule has 2 heterocycles. The molecule has 6 nitrogen and oxygen atoms in total. The van der Waals surface area contributed by atoms with Gasteiger partial charge in [-0.1, -0.05) is 31.2 Å². The average Bonchev–Trinajstić information content (AvgIpc) is 2.90. The zero-order valence-corrected chi connectivity index (χ0v) is 14.1. The number of pyridine rings is 1. The topological polar surface area (TPSA) is 68.4 Å². The number of amides is 1. The van der Waals surface area contributed by atoms with Gasteiger partial charge >= 0.3 is 5.69 Å². The number of aromatic nitrogens is 3. The molecule has 7 heteroatoms. The maximum absolute atomic E-state index is 12.1. The molecule has 0 saturated carbocycles. The van der Waals surface area contributed by atoms with E-state index in [4.69, 9.17) is 0 Å². The van der Waals surface area contributed by atoms with E-state index in [0.29, 0.717) is 12.2 Å². The van der Waals surface area contributed by atoms with Crippen molar-refractivity contribution in [2.45, 2.75) is 23.6 Å². The van der Waals surface area contributed by atoms with Crippen molar-refractivity contribution in [3.05, 3.63) is 65.2 Å². The summed E-state index contributed by atoms with van der Waals surface area (Å²) in [7, 11) is 0. The molecule has 1 amide bonds. The van der Waals surface area contributed by atoms with Crippen molar-refractivity contribution in [1.29, 1.82) is 0 Å². The van der Waals surface area contributed by atoms with Gasteiger partial charge in [0.25, 0.3) is 0 Å². The molecule has 3 aromatic rings. The minimum atomic E-state index is -0.313. The van der Waals surface area contributed by atoms with Crippen molar-refractivity contribution in [2.24, 2.45) is 0 Å². The van der Waals surface area contributed by atoms with Gasteiger partial charge in [0.05, 0.1) is 0 Å². The summed E-state index contributed by atoms with van der Waals surface area (Å²) in [5.74, 6) is -0.221. The number of nitrogens with one attached hydrogen (secondary N) is 1. The average molecular weight is 342 g/mol. The lowest BCUT2D eigenvalue weighted by Crippen LogP contribution is -2.35. The summed E-state index contributed by atoms with van der Waals surface area (Å²) in [6.07, 6.45) is 1.64. The van der Waals surface area contributed by atoms with E-state index in [-0.39, 0.29) is 23.4 Å². The van der Waals surface area contributed by atoms with Gasteiger partial charge in [-0.3, -0.25) is 9.20 Å². The molecular formula is C17H18N4O2S. The highest BCUT2D eigenvalue weighted by Crippen LogP contribution is 2.21. The SMILES string of the molecule is C[C@H](CNC(=O)Cn1nc2ccccn2c1=O)Sc1ccccc1. The summed E-state index contributed by atoms with van der Waals surface area (Å²) in [6, 6.07) is 15.3. The van der Waals surface area contributed by atoms with Crippen LogP contribution in [-0.4, -0.2) is 31.9 Å². The molecule has 0 radical (unpaired) electrons. The number of hydrogen-bond donors (Lipinski definition) is 1. The first-order chi connectivity index (χ1) is 11.6. The predicted octanol–water partition coefficient (Wildman–Crippen LogP) is 1.79. The number of hydrogen-bond acceptors (Lipinski definition) is 4. The first-order valence-corrected chi connectivity index (χ1v) is 8.54. The van der Waals surface area contributed by atoms with E-state index in [1.165, 1.54) is 9.08 Å². The van der Waals surface area contributed by atoms with E-state index >= 15 is 0 Å². The molecule has 0 unspecified atom stereocenters. The van der Waals surface area contributed by atoms with Gasteiger partial charge in [-0.05, 0) is 24.3 Å². The van der Waals surface area contributed by atoms with Crippen LogP contribution in [0.3, 0.4) is 0 Å². The number of carbonyl (C=O) groups excluding carboxylic acids is 1. The highest BCUT2D eigenvalue weighted by atomic mass is 32.2. The largest absolute Gasteiger partial charge is 0.353 e. The zero-order valence-electron chi connectivity index (χ0n) is 13.3. The van der Waals surface area contributed by atoms with Crippen LogP contribution >= 0.6 is 11.8 Å². The van der Waals surface area contributed by atoms with Crippen LogP contribution in [-0.2, 0) is 11.3 Å². The summed E-state index contributed by atoms with van der Waals surface area (Å²) in [5.41, 5.74) is 0.218. The van der Waals surface area contributed by atoms with Gasteiger partial charge in [0.2, 0.25) is 5.91 Å². The first kappa shape index (κ1) is 16.3. The van der Waals surface area contributed by atoms with E-state index in [1.54, 1.807) is 36.2 Å². The van der Waals surface area contributed by atoms with Gasteiger partial charge in [0.15, 0.2) is 5.65 Å². The molecule has 0 spiro atoms. The molecule has 1 aromatic carbocycles. The first-order valence-electron chi connectivity index (χ1n) is 7.66. The van der Waals surface area contributed by atoms with Gasteiger partial charge in [0.1, 0.15) is 6.54 Å². The van der Waals surface area contributed by atoms with Crippen molar-refractivity contribution >= 4 is 23.3 Å². The Balaban J connectivity index is 1.55. The molecule has 0 aliphatic heterocycles. The molecular weight excluding hydrogens is 324 g/mol. The number of rotatable bonds is 6. The van der Waals surface area contributed by atoms with Crippen LogP contribution in [0.1, 0.15) is 6.92 Å². The number of nitrogens with zero attached hydrogens (tertiary/aromatic N) is 3. The third kappa shape index (κ3) is 3.86. The molecule has 2 aromatic heterocycles. The highest BCUT2D eigenvalue weighted by Gasteiger charge is 2.11. The summed E-state index contributed by atoms with van der Waals surface area (Å²) in [6.45, 7) is 2.50. The quantitative estimate of drug-likeness (QED) is 0.694. The fraction of sp³-hybridized carbons (Fsp3) is 0.235. The van der Waals surface area contributed by atoms with Crippen LogP contribution < -0.4 is 11.0 Å². The number of carbonyl (C=O) groups is 1. The molecule has 0 bridgehead atoms. The van der Waals surface area contributed by atoms with Crippen molar-refractivity contribution < 1.29 is 4.79 Å². The summed E-state index contributed by atoms with van der Waals surface area (Å²) in [4.78, 5) is 25.4. The van der Waals surface area contributed by atoms with Gasteiger partial charge in [-0.25, -0.2) is 9.48 Å². The van der Waals surface area contributed by atoms with E-state index in [2.05, 4.69) is 17.3 Å². The molecule has 124 valence electrons. The second-order valence-corrected chi connectivity index (χ2v) is 6.93. The number of fused-ring (bicyclic) bond motifs is 1. The fourth-order valence-electron chi connectivity index (χ4n) is 2.29. The molecule has 0 aliphatic rings. The summed E-state index contributed by atoms with van der Waals surface area (Å²) < 4.78 is 2.60. The number of thioether (sulfide) groups is 1. The lowest BCUT2D eigenvalue weighted by molar-refractivity contribution is -0.121. The molecule has 0 aliphatic carbocycles. The molecule has 1 N–H and O–H groups in total. The molecule has 24 heavy (non-hydrogen) atoms. The van der Waals surface area contributed by atoms with Crippen LogP contribution in [0.15, 0.2) is 64.4 Å². The summed E-state index contributed by atoms with van der Waals surface area (Å²) in [5, 5.41) is 7.23. The van der Waals surface area contributed by atoms with E-state index in [1.807, 2.05) is 30.3 Å². The van der Waals surface area contributed by atoms with Gasteiger partial charge in [0, 0.05) is 22.9 Å². The maximum atomic E-state index is 12.1. The van der Waals surface area contributed by atoms with Crippen LogP contribution in [0.25, 0.3) is 5.65 Å². The van der Waals surface area contributed by atoms with E-state index in [0.717, 1.165) is 4.90 Å². The van der Waals surface area contributed by atoms with Crippen LogP contribution in [0.2, 0.25) is 0 Å². The fourth-order valence-corrected chi connectivity index (χ4v) is 3.24. The normalized spacial score (nSPS) is 12.2. The Morgan fingerprint density at radius 1 is 1.21 bits per heavy atom. The molecule has 0 saturated heterocycles. The second kappa shape index (κ2) is 7.35.